The molecule has 0 spiro atoms. The first kappa shape index (κ1) is 13.3. The average Bonchev–Trinajstić information content (AvgIpc) is 1.95. The van der Waals surface area contributed by atoms with Crippen LogP contribution in [0.5, 0.6) is 0 Å². The molecule has 0 aromatic heterocycles. The van der Waals surface area contributed by atoms with Crippen LogP contribution in [0.4, 0.5) is 13.2 Å². The van der Waals surface area contributed by atoms with Crippen molar-refractivity contribution in [2.45, 2.75) is 16.5 Å². The fourth-order valence-electron chi connectivity index (χ4n) is 0.446. The molecule has 0 rings (SSSR count). The summed E-state index contributed by atoms with van der Waals surface area (Å²) in [6.45, 7) is 0. The predicted molar refractivity (Wildman–Crippen MR) is 53.4 cm³/mol. The number of halogens is 4. The number of rotatable bonds is 5. The molecule has 0 aromatic rings. The third-order valence-corrected chi connectivity index (χ3v) is 3.69. The Morgan fingerprint density at radius 2 is 2.08 bits per heavy atom. The first-order chi connectivity index (χ1) is 5.83. The van der Waals surface area contributed by atoms with Crippen molar-refractivity contribution in [2.75, 3.05) is 11.5 Å². The lowest BCUT2D eigenvalue weighted by atomic mass is 10.5. The van der Waals surface area contributed by atoms with Gasteiger partial charge < -0.3 is 5.11 Å². The van der Waals surface area contributed by atoms with Gasteiger partial charge in [-0.15, -0.1) is 0 Å². The molecule has 0 heterocycles. The molecule has 0 radical (unpaired) electrons. The van der Waals surface area contributed by atoms with Crippen molar-refractivity contribution in [3.05, 3.63) is 0 Å². The molecule has 2 nitrogen and oxygen atoms in total. The number of carboxylic acids is 1. The predicted octanol–water partition coefficient (Wildman–Crippen LogP) is 2.56. The van der Waals surface area contributed by atoms with E-state index in [4.69, 9.17) is 5.11 Å². The minimum Gasteiger partial charge on any atom is -0.480 e. The van der Waals surface area contributed by atoms with Crippen molar-refractivity contribution >= 4 is 40.3 Å². The van der Waals surface area contributed by atoms with E-state index < -0.39 is 22.5 Å². The Bertz CT molecular complexity index is 174. The molecule has 13 heavy (non-hydrogen) atoms. The van der Waals surface area contributed by atoms with Gasteiger partial charge in [0.15, 0.2) is 0 Å². The number of aliphatic carboxylic acids is 1. The molecule has 1 atom stereocenters. The van der Waals surface area contributed by atoms with Crippen LogP contribution in [0, 0.1) is 0 Å². The summed E-state index contributed by atoms with van der Waals surface area (Å²) in [6.07, 6.45) is -5.00. The molecule has 0 bridgehead atoms. The Hall–Kier alpha value is 0.340. The summed E-state index contributed by atoms with van der Waals surface area (Å²) in [5.74, 6) is -0.845. The van der Waals surface area contributed by atoms with E-state index >= 15 is 0 Å². The Labute approximate surface area is 91.4 Å². The number of carbonyl (C=O) groups is 1. The monoisotopic (exact) mass is 328 g/mol. The number of hydrogen-bond donors (Lipinski definition) is 1. The maximum Gasteiger partial charge on any atom is 0.389 e. The van der Waals surface area contributed by atoms with Gasteiger partial charge in [-0.25, -0.2) is 0 Å². The van der Waals surface area contributed by atoms with Crippen molar-refractivity contribution in [2.24, 2.45) is 0 Å². The smallest absolute Gasteiger partial charge is 0.389 e. The lowest BCUT2D eigenvalue weighted by molar-refractivity contribution is -0.135. The molecule has 0 saturated heterocycles. The fourth-order valence-corrected chi connectivity index (χ4v) is 2.10. The summed E-state index contributed by atoms with van der Waals surface area (Å²) < 4.78 is 34.2. The first-order valence-electron chi connectivity index (χ1n) is 3.34. The maximum atomic E-state index is 11.6. The van der Waals surface area contributed by atoms with Gasteiger partial charge in [-0.2, -0.15) is 24.9 Å². The first-order valence-corrected chi connectivity index (χ1v) is 5.74. The Kier molecular flexibility index (Phi) is 6.10. The van der Waals surface area contributed by atoms with E-state index in [1.165, 1.54) is 0 Å². The summed E-state index contributed by atoms with van der Waals surface area (Å²) >= 11 is 2.70. The van der Waals surface area contributed by atoms with Crippen LogP contribution in [0.2, 0.25) is 0 Å². The number of carboxylic acid groups (broad SMARTS) is 1. The van der Waals surface area contributed by atoms with Crippen LogP contribution in [0.25, 0.3) is 0 Å². The molecule has 0 aliphatic rings. The molecule has 78 valence electrons. The molecule has 0 aromatic carbocycles. The third-order valence-electron chi connectivity index (χ3n) is 1.06. The molecule has 0 aliphatic carbocycles. The minimum absolute atomic E-state index is 0.0731. The van der Waals surface area contributed by atoms with Gasteiger partial charge in [0.1, 0.15) is 3.92 Å². The van der Waals surface area contributed by atoms with Crippen LogP contribution < -0.4 is 0 Å². The molecule has 0 amide bonds. The molecular weight excluding hydrogens is 320 g/mol. The fraction of sp³-hybridized carbons (Fsp3) is 0.833. The summed E-state index contributed by atoms with van der Waals surface area (Å²) in [5.41, 5.74) is 0. The standard InChI is InChI=1S/C6H8F3IO2S/c7-6(8,9)1-2-13-3-4(10)5(11)12/h4H,1-3H2,(H,11,12). The van der Waals surface area contributed by atoms with Gasteiger partial charge in [0.2, 0.25) is 0 Å². The van der Waals surface area contributed by atoms with Gasteiger partial charge in [0.05, 0.1) is 6.42 Å². The van der Waals surface area contributed by atoms with E-state index in [9.17, 15) is 18.0 Å². The van der Waals surface area contributed by atoms with Crippen LogP contribution in [-0.4, -0.2) is 32.7 Å². The van der Waals surface area contributed by atoms with Gasteiger partial charge in [-0.05, 0) is 0 Å². The van der Waals surface area contributed by atoms with Crippen LogP contribution in [0.1, 0.15) is 6.42 Å². The van der Waals surface area contributed by atoms with Crippen molar-refractivity contribution in [1.82, 2.24) is 0 Å². The van der Waals surface area contributed by atoms with Crippen molar-refractivity contribution in [3.8, 4) is 0 Å². The summed E-state index contributed by atoms with van der Waals surface area (Å²) in [5, 5.41) is 8.40. The highest BCUT2D eigenvalue weighted by molar-refractivity contribution is 14.1. The number of alkyl halides is 4. The van der Waals surface area contributed by atoms with Crippen molar-refractivity contribution in [1.29, 1.82) is 0 Å². The second-order valence-corrected chi connectivity index (χ2v) is 4.90. The van der Waals surface area contributed by atoms with E-state index in [2.05, 4.69) is 0 Å². The summed E-state index contributed by atoms with van der Waals surface area (Å²) in [4.78, 5) is 10.2. The third kappa shape index (κ3) is 8.66. The lowest BCUT2D eigenvalue weighted by Gasteiger charge is -2.06. The van der Waals surface area contributed by atoms with Crippen molar-refractivity contribution < 1.29 is 23.1 Å². The van der Waals surface area contributed by atoms with Gasteiger partial charge in [-0.3, -0.25) is 4.79 Å². The molecule has 0 aliphatic heterocycles. The van der Waals surface area contributed by atoms with E-state index in [-0.39, 0.29) is 11.5 Å². The summed E-state index contributed by atoms with van der Waals surface area (Å²) in [6, 6.07) is 0. The summed E-state index contributed by atoms with van der Waals surface area (Å²) in [7, 11) is 0. The van der Waals surface area contributed by atoms with E-state index in [0.717, 1.165) is 11.8 Å². The minimum atomic E-state index is -4.14. The topological polar surface area (TPSA) is 37.3 Å². The molecular formula is C6H8F3IO2S. The van der Waals surface area contributed by atoms with Crippen LogP contribution in [-0.2, 0) is 4.79 Å². The second kappa shape index (κ2) is 5.94. The number of hydrogen-bond acceptors (Lipinski definition) is 2. The van der Waals surface area contributed by atoms with Gasteiger partial charge in [0, 0.05) is 11.5 Å². The highest BCUT2D eigenvalue weighted by Crippen LogP contribution is 2.22. The zero-order valence-electron chi connectivity index (χ0n) is 6.47. The van der Waals surface area contributed by atoms with Gasteiger partial charge >= 0.3 is 12.1 Å². The van der Waals surface area contributed by atoms with Gasteiger partial charge in [-0.1, -0.05) is 22.6 Å². The maximum absolute atomic E-state index is 11.6. The van der Waals surface area contributed by atoms with E-state index in [1.54, 1.807) is 22.6 Å². The molecule has 1 N–H and O–H groups in total. The van der Waals surface area contributed by atoms with Crippen molar-refractivity contribution in [3.63, 3.8) is 0 Å². The lowest BCUT2D eigenvalue weighted by Crippen LogP contribution is -2.16. The van der Waals surface area contributed by atoms with E-state index in [1.807, 2.05) is 0 Å². The van der Waals surface area contributed by atoms with Gasteiger partial charge in [0.25, 0.3) is 0 Å². The highest BCUT2D eigenvalue weighted by atomic mass is 127. The SMILES string of the molecule is O=C(O)C(I)CSCCC(F)(F)F. The second-order valence-electron chi connectivity index (χ2n) is 2.25. The quantitative estimate of drug-likeness (QED) is 0.479. The normalized spacial score (nSPS) is 14.2. The van der Waals surface area contributed by atoms with Crippen LogP contribution in [0.15, 0.2) is 0 Å². The Morgan fingerprint density at radius 3 is 2.46 bits per heavy atom. The van der Waals surface area contributed by atoms with Crippen LogP contribution in [0.3, 0.4) is 0 Å². The zero-order chi connectivity index (χ0) is 10.5. The Morgan fingerprint density at radius 1 is 1.54 bits per heavy atom. The highest BCUT2D eigenvalue weighted by Gasteiger charge is 2.26. The average molecular weight is 328 g/mol. The number of thioether (sulfide) groups is 1. The molecule has 7 heteroatoms. The molecule has 1 unspecified atom stereocenters. The van der Waals surface area contributed by atoms with E-state index in [0.29, 0.717) is 0 Å². The van der Waals surface area contributed by atoms with Crippen LogP contribution >= 0.6 is 34.4 Å². The Balaban J connectivity index is 3.41. The largest absolute Gasteiger partial charge is 0.480 e. The molecule has 0 fully saturated rings. The zero-order valence-corrected chi connectivity index (χ0v) is 9.45. The molecule has 0 saturated carbocycles.